The van der Waals surface area contributed by atoms with Gasteiger partial charge in [0, 0.05) is 36.7 Å². The number of anilines is 2. The van der Waals surface area contributed by atoms with Gasteiger partial charge in [-0.2, -0.15) is 11.8 Å². The Labute approximate surface area is 116 Å². The van der Waals surface area contributed by atoms with E-state index in [4.69, 9.17) is 0 Å². The standard InChI is InChI=1S/C12H18N4O2S/c1-3-13-11-5-4-10(16(17)18)12(14-11)15-6-7-19-9(2)8-15/h4-5,9H,3,6-8H2,1-2H3,(H,13,14). The van der Waals surface area contributed by atoms with Gasteiger partial charge in [0.1, 0.15) is 5.82 Å². The lowest BCUT2D eigenvalue weighted by molar-refractivity contribution is -0.384. The highest BCUT2D eigenvalue weighted by Gasteiger charge is 2.25. The van der Waals surface area contributed by atoms with E-state index in [2.05, 4.69) is 17.2 Å². The molecule has 1 unspecified atom stereocenters. The van der Waals surface area contributed by atoms with Crippen LogP contribution in [0.4, 0.5) is 17.3 Å². The van der Waals surface area contributed by atoms with Crippen molar-refractivity contribution in [3.8, 4) is 0 Å². The number of rotatable bonds is 4. The Hall–Kier alpha value is -1.50. The molecule has 0 bridgehead atoms. The molecule has 2 heterocycles. The number of aromatic nitrogens is 1. The highest BCUT2D eigenvalue weighted by molar-refractivity contribution is 8.00. The molecule has 7 heteroatoms. The van der Waals surface area contributed by atoms with Gasteiger partial charge < -0.3 is 10.2 Å². The Morgan fingerprint density at radius 2 is 2.42 bits per heavy atom. The first-order chi connectivity index (χ1) is 9.11. The molecule has 0 radical (unpaired) electrons. The van der Waals surface area contributed by atoms with Crippen molar-refractivity contribution in [2.24, 2.45) is 0 Å². The summed E-state index contributed by atoms with van der Waals surface area (Å²) in [4.78, 5) is 17.2. The van der Waals surface area contributed by atoms with Gasteiger partial charge in [-0.05, 0) is 13.0 Å². The minimum absolute atomic E-state index is 0.0840. The SMILES string of the molecule is CCNc1ccc([N+](=O)[O-])c(N2CCSC(C)C2)n1. The Morgan fingerprint density at radius 3 is 3.05 bits per heavy atom. The van der Waals surface area contributed by atoms with Gasteiger partial charge >= 0.3 is 5.69 Å². The minimum Gasteiger partial charge on any atom is -0.370 e. The van der Waals surface area contributed by atoms with Crippen molar-refractivity contribution < 1.29 is 4.92 Å². The molecule has 2 rings (SSSR count). The van der Waals surface area contributed by atoms with Gasteiger partial charge in [-0.1, -0.05) is 6.92 Å². The summed E-state index contributed by atoms with van der Waals surface area (Å²) in [5.41, 5.74) is 0.0840. The first-order valence-electron chi connectivity index (χ1n) is 6.37. The van der Waals surface area contributed by atoms with Crippen LogP contribution in [0.2, 0.25) is 0 Å². The van der Waals surface area contributed by atoms with E-state index in [9.17, 15) is 10.1 Å². The zero-order valence-electron chi connectivity index (χ0n) is 11.1. The Kier molecular flexibility index (Phi) is 4.47. The van der Waals surface area contributed by atoms with Gasteiger partial charge in [0.15, 0.2) is 0 Å². The second kappa shape index (κ2) is 6.10. The second-order valence-corrected chi connectivity index (χ2v) is 6.00. The van der Waals surface area contributed by atoms with E-state index in [1.165, 1.54) is 6.07 Å². The normalized spacial score (nSPS) is 19.3. The monoisotopic (exact) mass is 282 g/mol. The lowest BCUT2D eigenvalue weighted by atomic mass is 10.3. The van der Waals surface area contributed by atoms with Gasteiger partial charge in [-0.15, -0.1) is 0 Å². The summed E-state index contributed by atoms with van der Waals surface area (Å²) in [5.74, 6) is 2.15. The quantitative estimate of drug-likeness (QED) is 0.675. The first kappa shape index (κ1) is 13.9. The van der Waals surface area contributed by atoms with Gasteiger partial charge in [0.2, 0.25) is 5.82 Å². The predicted molar refractivity (Wildman–Crippen MR) is 79.2 cm³/mol. The summed E-state index contributed by atoms with van der Waals surface area (Å²) in [6.07, 6.45) is 0. The van der Waals surface area contributed by atoms with E-state index < -0.39 is 0 Å². The number of hydrogen-bond donors (Lipinski definition) is 1. The number of thioether (sulfide) groups is 1. The third-order valence-electron chi connectivity index (χ3n) is 2.95. The number of nitro groups is 1. The van der Waals surface area contributed by atoms with Crippen LogP contribution in [0.5, 0.6) is 0 Å². The van der Waals surface area contributed by atoms with Crippen LogP contribution in [-0.4, -0.2) is 40.5 Å². The maximum atomic E-state index is 11.1. The molecule has 1 aliphatic heterocycles. The molecule has 1 atom stereocenters. The minimum atomic E-state index is -0.357. The molecular weight excluding hydrogens is 264 g/mol. The van der Waals surface area contributed by atoms with Gasteiger partial charge in [-0.25, -0.2) is 4.98 Å². The largest absolute Gasteiger partial charge is 0.370 e. The van der Waals surface area contributed by atoms with Gasteiger partial charge in [0.05, 0.1) is 4.92 Å². The van der Waals surface area contributed by atoms with E-state index in [1.807, 2.05) is 23.6 Å². The summed E-state index contributed by atoms with van der Waals surface area (Å²) in [7, 11) is 0. The fourth-order valence-corrected chi connectivity index (χ4v) is 3.12. The molecule has 104 valence electrons. The second-order valence-electron chi connectivity index (χ2n) is 4.45. The summed E-state index contributed by atoms with van der Waals surface area (Å²) < 4.78 is 0. The lowest BCUT2D eigenvalue weighted by Gasteiger charge is -2.31. The van der Waals surface area contributed by atoms with E-state index in [1.54, 1.807) is 6.07 Å². The number of pyridine rings is 1. The van der Waals surface area contributed by atoms with E-state index in [0.29, 0.717) is 16.9 Å². The Balaban J connectivity index is 2.33. The van der Waals surface area contributed by atoms with Gasteiger partial charge in [-0.3, -0.25) is 10.1 Å². The molecular formula is C12H18N4O2S. The van der Waals surface area contributed by atoms with Crippen molar-refractivity contribution in [3.05, 3.63) is 22.2 Å². The highest BCUT2D eigenvalue weighted by Crippen LogP contribution is 2.31. The van der Waals surface area contributed by atoms with Crippen LogP contribution in [0, 0.1) is 10.1 Å². The van der Waals surface area contributed by atoms with Crippen LogP contribution in [-0.2, 0) is 0 Å². The smallest absolute Gasteiger partial charge is 0.311 e. The van der Waals surface area contributed by atoms with Crippen LogP contribution in [0.25, 0.3) is 0 Å². The molecule has 0 aromatic carbocycles. The molecule has 0 aliphatic carbocycles. The molecule has 1 aliphatic rings. The zero-order valence-corrected chi connectivity index (χ0v) is 11.9. The summed E-state index contributed by atoms with van der Waals surface area (Å²) in [6, 6.07) is 3.19. The van der Waals surface area contributed by atoms with Crippen LogP contribution in [0.3, 0.4) is 0 Å². The summed E-state index contributed by atoms with van der Waals surface area (Å²) in [5, 5.41) is 14.7. The highest BCUT2D eigenvalue weighted by atomic mass is 32.2. The van der Waals surface area contributed by atoms with E-state index >= 15 is 0 Å². The summed E-state index contributed by atoms with van der Waals surface area (Å²) >= 11 is 1.89. The van der Waals surface area contributed by atoms with Crippen molar-refractivity contribution in [1.29, 1.82) is 0 Å². The fourth-order valence-electron chi connectivity index (χ4n) is 2.11. The van der Waals surface area contributed by atoms with Crippen molar-refractivity contribution in [2.75, 3.05) is 35.6 Å². The molecule has 1 aromatic rings. The third-order valence-corrected chi connectivity index (χ3v) is 4.09. The number of hydrogen-bond acceptors (Lipinski definition) is 6. The van der Waals surface area contributed by atoms with Crippen molar-refractivity contribution in [2.45, 2.75) is 19.1 Å². The topological polar surface area (TPSA) is 71.3 Å². The van der Waals surface area contributed by atoms with Crippen LogP contribution in [0.15, 0.2) is 12.1 Å². The van der Waals surface area contributed by atoms with E-state index in [0.717, 1.165) is 25.4 Å². The van der Waals surface area contributed by atoms with Crippen molar-refractivity contribution in [1.82, 2.24) is 4.98 Å². The molecule has 1 saturated heterocycles. The summed E-state index contributed by atoms with van der Waals surface area (Å²) in [6.45, 7) is 6.46. The number of nitrogens with one attached hydrogen (secondary N) is 1. The lowest BCUT2D eigenvalue weighted by Crippen LogP contribution is -2.37. The van der Waals surface area contributed by atoms with Crippen LogP contribution >= 0.6 is 11.8 Å². The number of nitrogens with zero attached hydrogens (tertiary/aromatic N) is 3. The Bertz CT molecular complexity index is 469. The molecule has 0 amide bonds. The van der Waals surface area contributed by atoms with Crippen LogP contribution < -0.4 is 10.2 Å². The molecule has 1 aromatic heterocycles. The van der Waals surface area contributed by atoms with Crippen LogP contribution in [0.1, 0.15) is 13.8 Å². The molecule has 0 saturated carbocycles. The molecule has 6 nitrogen and oxygen atoms in total. The molecule has 0 spiro atoms. The maximum absolute atomic E-state index is 11.1. The average molecular weight is 282 g/mol. The fraction of sp³-hybridized carbons (Fsp3) is 0.583. The molecule has 1 N–H and O–H groups in total. The van der Waals surface area contributed by atoms with E-state index in [-0.39, 0.29) is 10.6 Å². The van der Waals surface area contributed by atoms with Crippen molar-refractivity contribution in [3.63, 3.8) is 0 Å². The first-order valence-corrected chi connectivity index (χ1v) is 7.42. The average Bonchev–Trinajstić information content (AvgIpc) is 2.39. The van der Waals surface area contributed by atoms with Gasteiger partial charge in [0.25, 0.3) is 0 Å². The maximum Gasteiger partial charge on any atom is 0.311 e. The Morgan fingerprint density at radius 1 is 1.63 bits per heavy atom. The third kappa shape index (κ3) is 3.28. The zero-order chi connectivity index (χ0) is 13.8. The molecule has 19 heavy (non-hydrogen) atoms. The van der Waals surface area contributed by atoms with Crippen molar-refractivity contribution >= 4 is 29.1 Å². The predicted octanol–water partition coefficient (Wildman–Crippen LogP) is 2.36. The molecule has 1 fully saturated rings.